The Labute approximate surface area is 260 Å². The minimum absolute atomic E-state index is 0.0619. The number of carbonyl (C=O) groups excluding carboxylic acids is 2. The van der Waals surface area contributed by atoms with E-state index in [0.717, 1.165) is 40.7 Å². The van der Waals surface area contributed by atoms with Crippen molar-refractivity contribution in [2.24, 2.45) is 5.73 Å². The van der Waals surface area contributed by atoms with Crippen LogP contribution in [0.15, 0.2) is 78.4 Å². The summed E-state index contributed by atoms with van der Waals surface area (Å²) < 4.78 is 17.0. The topological polar surface area (TPSA) is 94.3 Å². The van der Waals surface area contributed by atoms with Gasteiger partial charge in [0.1, 0.15) is 23.7 Å². The highest BCUT2D eigenvalue weighted by Gasteiger charge is 2.38. The van der Waals surface area contributed by atoms with E-state index >= 15 is 0 Å². The van der Waals surface area contributed by atoms with Crippen LogP contribution in [0.2, 0.25) is 0 Å². The summed E-state index contributed by atoms with van der Waals surface area (Å²) >= 11 is 0. The summed E-state index contributed by atoms with van der Waals surface area (Å²) in [6.07, 6.45) is 2.02. The Morgan fingerprint density at radius 2 is 1.64 bits per heavy atom. The zero-order valence-electron chi connectivity index (χ0n) is 26.2. The number of methoxy groups -OCH3 is 1. The minimum Gasteiger partial charge on any atom is -0.497 e. The normalized spacial score (nSPS) is 15.2. The number of ether oxygens (including phenoxy) is 3. The molecular formula is C36H43N3O5. The molecule has 3 aromatic carbocycles. The van der Waals surface area contributed by atoms with Crippen molar-refractivity contribution in [2.75, 3.05) is 33.4 Å². The van der Waals surface area contributed by atoms with Crippen LogP contribution in [0.4, 0.5) is 4.79 Å². The molecule has 0 bridgehead atoms. The molecule has 232 valence electrons. The first-order valence-corrected chi connectivity index (χ1v) is 15.3. The van der Waals surface area contributed by atoms with E-state index < -0.39 is 11.7 Å². The van der Waals surface area contributed by atoms with Gasteiger partial charge in [-0.25, -0.2) is 4.79 Å². The van der Waals surface area contributed by atoms with Gasteiger partial charge < -0.3 is 29.7 Å². The van der Waals surface area contributed by atoms with Crippen LogP contribution in [0.25, 0.3) is 16.7 Å². The Morgan fingerprint density at radius 3 is 2.32 bits per heavy atom. The highest BCUT2D eigenvalue weighted by atomic mass is 16.6. The van der Waals surface area contributed by atoms with E-state index in [4.69, 9.17) is 19.9 Å². The van der Waals surface area contributed by atoms with Gasteiger partial charge in [-0.3, -0.25) is 4.79 Å². The van der Waals surface area contributed by atoms with E-state index in [1.54, 1.807) is 12.0 Å². The number of nitrogens with zero attached hydrogens (tertiary/aromatic N) is 2. The van der Waals surface area contributed by atoms with Crippen LogP contribution >= 0.6 is 0 Å². The molecule has 0 spiro atoms. The zero-order valence-corrected chi connectivity index (χ0v) is 26.2. The van der Waals surface area contributed by atoms with Gasteiger partial charge >= 0.3 is 6.09 Å². The van der Waals surface area contributed by atoms with Crippen molar-refractivity contribution in [3.8, 4) is 22.6 Å². The van der Waals surface area contributed by atoms with Gasteiger partial charge in [0.15, 0.2) is 0 Å². The molecular weight excluding hydrogens is 554 g/mol. The number of nitrogens with two attached hydrogens (primary N) is 1. The summed E-state index contributed by atoms with van der Waals surface area (Å²) in [6, 6.07) is 24.4. The quantitative estimate of drug-likeness (QED) is 0.295. The van der Waals surface area contributed by atoms with E-state index in [9.17, 15) is 9.59 Å². The Morgan fingerprint density at radius 1 is 0.932 bits per heavy atom. The first-order chi connectivity index (χ1) is 21.1. The molecule has 0 saturated heterocycles. The molecule has 0 unspecified atom stereocenters. The van der Waals surface area contributed by atoms with Crippen molar-refractivity contribution in [3.05, 3.63) is 89.5 Å². The van der Waals surface area contributed by atoms with Crippen molar-refractivity contribution in [2.45, 2.75) is 58.2 Å². The lowest BCUT2D eigenvalue weighted by atomic mass is 9.90. The lowest BCUT2D eigenvalue weighted by molar-refractivity contribution is -0.128. The Hall–Kier alpha value is -4.30. The molecule has 1 aliphatic carbocycles. The van der Waals surface area contributed by atoms with E-state index in [0.29, 0.717) is 49.7 Å². The van der Waals surface area contributed by atoms with Crippen molar-refractivity contribution >= 4 is 17.6 Å². The van der Waals surface area contributed by atoms with Crippen molar-refractivity contribution in [1.29, 1.82) is 0 Å². The van der Waals surface area contributed by atoms with Gasteiger partial charge in [0.25, 0.3) is 5.91 Å². The average molecular weight is 598 g/mol. The van der Waals surface area contributed by atoms with Gasteiger partial charge in [0.05, 0.1) is 13.7 Å². The fourth-order valence-electron chi connectivity index (χ4n) is 5.50. The standard InChI is InChI=1S/C36H43N3O5/c1-36(2,3)44-35(41)38-17-15-32(28-12-8-11-27(21-28)26-9-6-5-7-10-26)33(24-38)34(40)39(29-13-14-29)23-25-19-30(42-4)22-31(20-25)43-18-16-37/h5-12,19-22,29H,13-18,23-24,37H2,1-4H3. The summed E-state index contributed by atoms with van der Waals surface area (Å²) in [4.78, 5) is 31.4. The summed E-state index contributed by atoms with van der Waals surface area (Å²) in [7, 11) is 1.61. The second-order valence-electron chi connectivity index (χ2n) is 12.4. The molecule has 0 aromatic heterocycles. The third-order valence-electron chi connectivity index (χ3n) is 7.74. The largest absolute Gasteiger partial charge is 0.497 e. The van der Waals surface area contributed by atoms with Crippen molar-refractivity contribution in [3.63, 3.8) is 0 Å². The Kier molecular flexibility index (Phi) is 9.59. The smallest absolute Gasteiger partial charge is 0.410 e. The molecule has 5 rings (SSSR count). The monoisotopic (exact) mass is 597 g/mol. The molecule has 2 aliphatic rings. The van der Waals surface area contributed by atoms with Gasteiger partial charge in [-0.05, 0) is 86.1 Å². The van der Waals surface area contributed by atoms with Crippen LogP contribution < -0.4 is 15.2 Å². The van der Waals surface area contributed by atoms with E-state index in [1.807, 2.05) is 68.1 Å². The fourth-order valence-corrected chi connectivity index (χ4v) is 5.50. The van der Waals surface area contributed by atoms with Gasteiger partial charge in [-0.2, -0.15) is 0 Å². The molecule has 2 N–H and O–H groups in total. The van der Waals surface area contributed by atoms with Crippen LogP contribution in [0.1, 0.15) is 51.2 Å². The summed E-state index contributed by atoms with van der Waals surface area (Å²) in [5, 5.41) is 0. The predicted octanol–water partition coefficient (Wildman–Crippen LogP) is 6.29. The maximum atomic E-state index is 14.6. The SMILES string of the molecule is COc1cc(CN(C(=O)C2=C(c3cccc(-c4ccccc4)c3)CCN(C(=O)OC(C)(C)C)C2)C2CC2)cc(OCCN)c1. The second kappa shape index (κ2) is 13.6. The van der Waals surface area contributed by atoms with Crippen molar-refractivity contribution in [1.82, 2.24) is 9.80 Å². The molecule has 44 heavy (non-hydrogen) atoms. The van der Waals surface area contributed by atoms with Gasteiger partial charge in [0, 0.05) is 37.3 Å². The number of carbonyl (C=O) groups is 2. The summed E-state index contributed by atoms with van der Waals surface area (Å²) in [6.45, 7) is 7.39. The van der Waals surface area contributed by atoms with Crippen molar-refractivity contribution < 1.29 is 23.8 Å². The lowest BCUT2D eigenvalue weighted by Gasteiger charge is -2.34. The molecule has 1 heterocycles. The fraction of sp³-hybridized carbons (Fsp3) is 0.389. The third-order valence-corrected chi connectivity index (χ3v) is 7.74. The van der Waals surface area contributed by atoms with Gasteiger partial charge in [-0.15, -0.1) is 0 Å². The highest BCUT2D eigenvalue weighted by Crippen LogP contribution is 2.36. The second-order valence-corrected chi connectivity index (χ2v) is 12.4. The maximum Gasteiger partial charge on any atom is 0.410 e. The van der Waals surface area contributed by atoms with E-state index in [2.05, 4.69) is 30.3 Å². The zero-order chi connectivity index (χ0) is 31.3. The molecule has 8 heteroatoms. The van der Waals surface area contributed by atoms with Crippen LogP contribution in [0.5, 0.6) is 11.5 Å². The van der Waals surface area contributed by atoms with E-state index in [-0.39, 0.29) is 18.5 Å². The number of benzene rings is 3. The number of hydrogen-bond donors (Lipinski definition) is 1. The maximum absolute atomic E-state index is 14.6. The van der Waals surface area contributed by atoms with Crippen LogP contribution in [0.3, 0.4) is 0 Å². The average Bonchev–Trinajstić information content (AvgIpc) is 3.87. The third kappa shape index (κ3) is 7.80. The summed E-state index contributed by atoms with van der Waals surface area (Å²) in [5.74, 6) is 1.25. The summed E-state index contributed by atoms with van der Waals surface area (Å²) in [5.41, 5.74) is 10.7. The first kappa shape index (κ1) is 31.1. The molecule has 1 saturated carbocycles. The Bertz CT molecular complexity index is 1510. The molecule has 1 fully saturated rings. The minimum atomic E-state index is -0.634. The predicted molar refractivity (Wildman–Crippen MR) is 172 cm³/mol. The molecule has 0 atom stereocenters. The number of rotatable bonds is 10. The van der Waals surface area contributed by atoms with Crippen LogP contribution in [-0.2, 0) is 16.1 Å². The highest BCUT2D eigenvalue weighted by molar-refractivity contribution is 6.03. The van der Waals surface area contributed by atoms with E-state index in [1.165, 1.54) is 0 Å². The Balaban J connectivity index is 1.52. The lowest BCUT2D eigenvalue weighted by Crippen LogP contribution is -2.44. The first-order valence-electron chi connectivity index (χ1n) is 15.3. The van der Waals surface area contributed by atoms with Gasteiger partial charge in [0.2, 0.25) is 0 Å². The van der Waals surface area contributed by atoms with Crippen LogP contribution in [-0.4, -0.2) is 66.8 Å². The molecule has 0 radical (unpaired) electrons. The molecule has 1 aliphatic heterocycles. The van der Waals surface area contributed by atoms with Gasteiger partial charge in [-0.1, -0.05) is 48.5 Å². The number of hydrogen-bond acceptors (Lipinski definition) is 6. The molecule has 8 nitrogen and oxygen atoms in total. The number of amides is 2. The molecule has 3 aromatic rings. The molecule has 2 amide bonds. The van der Waals surface area contributed by atoms with Crippen LogP contribution in [0, 0.1) is 0 Å².